The summed E-state index contributed by atoms with van der Waals surface area (Å²) in [5.74, 6) is 0.871. The van der Waals surface area contributed by atoms with Crippen LogP contribution in [-0.4, -0.2) is 19.6 Å². The smallest absolute Gasteiger partial charge is 0.222 e. The molecule has 0 heterocycles. The molecule has 2 aromatic rings. The van der Waals surface area contributed by atoms with Crippen LogP contribution < -0.4 is 15.4 Å². The minimum Gasteiger partial charge on any atom is -0.497 e. The molecule has 0 saturated carbocycles. The Bertz CT molecular complexity index is 659. The van der Waals surface area contributed by atoms with Crippen molar-refractivity contribution in [3.05, 3.63) is 59.2 Å². The van der Waals surface area contributed by atoms with Crippen molar-refractivity contribution >= 4 is 11.6 Å². The molecule has 0 fully saturated rings. The Balaban J connectivity index is 1.80. The number of benzene rings is 2. The number of ether oxygens (including phenoxy) is 1. The number of amides is 1. The molecule has 0 aromatic heterocycles. The molecule has 2 N–H and O–H groups in total. The van der Waals surface area contributed by atoms with Crippen molar-refractivity contribution in [3.8, 4) is 5.75 Å². The average molecular weight is 340 g/mol. The maximum absolute atomic E-state index is 12.1. The summed E-state index contributed by atoms with van der Waals surface area (Å²) < 4.78 is 5.13. The van der Waals surface area contributed by atoms with E-state index in [4.69, 9.17) is 4.74 Å². The lowest BCUT2D eigenvalue weighted by Crippen LogP contribution is -2.25. The van der Waals surface area contributed by atoms with Crippen molar-refractivity contribution in [3.63, 3.8) is 0 Å². The van der Waals surface area contributed by atoms with E-state index in [-0.39, 0.29) is 5.91 Å². The molecule has 25 heavy (non-hydrogen) atoms. The first-order valence-electron chi connectivity index (χ1n) is 8.92. The summed E-state index contributed by atoms with van der Waals surface area (Å²) in [4.78, 5) is 12.1. The van der Waals surface area contributed by atoms with Crippen molar-refractivity contribution in [1.82, 2.24) is 5.32 Å². The Morgan fingerprint density at radius 3 is 2.20 bits per heavy atom. The third-order valence-corrected chi connectivity index (χ3v) is 4.30. The molecule has 2 rings (SSSR count). The predicted molar refractivity (Wildman–Crippen MR) is 103 cm³/mol. The van der Waals surface area contributed by atoms with Crippen molar-refractivity contribution in [2.45, 2.75) is 39.7 Å². The number of anilines is 1. The molecule has 0 bridgehead atoms. The fourth-order valence-corrected chi connectivity index (χ4v) is 2.80. The Morgan fingerprint density at radius 1 is 1.00 bits per heavy atom. The Morgan fingerprint density at radius 2 is 1.64 bits per heavy atom. The molecule has 0 unspecified atom stereocenters. The Labute approximate surface area is 150 Å². The molecule has 1 amide bonds. The molecule has 2 aromatic carbocycles. The summed E-state index contributed by atoms with van der Waals surface area (Å²) in [7, 11) is 1.64. The highest BCUT2D eigenvalue weighted by molar-refractivity contribution is 5.76. The van der Waals surface area contributed by atoms with Gasteiger partial charge in [0.15, 0.2) is 0 Å². The molecular weight excluding hydrogens is 312 g/mol. The topological polar surface area (TPSA) is 50.4 Å². The van der Waals surface area contributed by atoms with E-state index < -0.39 is 0 Å². The van der Waals surface area contributed by atoms with Gasteiger partial charge in [0.2, 0.25) is 5.91 Å². The number of methoxy groups -OCH3 is 1. The third kappa shape index (κ3) is 5.52. The first kappa shape index (κ1) is 18.8. The van der Waals surface area contributed by atoms with E-state index in [0.29, 0.717) is 19.5 Å². The molecule has 0 radical (unpaired) electrons. The molecule has 134 valence electrons. The van der Waals surface area contributed by atoms with Crippen LogP contribution in [0, 0.1) is 0 Å². The Kier molecular flexibility index (Phi) is 7.33. The molecule has 4 nitrogen and oxygen atoms in total. The van der Waals surface area contributed by atoms with Gasteiger partial charge >= 0.3 is 0 Å². The Hall–Kier alpha value is -2.49. The summed E-state index contributed by atoms with van der Waals surface area (Å²) in [6.45, 7) is 5.48. The van der Waals surface area contributed by atoms with Gasteiger partial charge in [0.1, 0.15) is 5.75 Å². The van der Waals surface area contributed by atoms with Gasteiger partial charge in [-0.15, -0.1) is 0 Å². The van der Waals surface area contributed by atoms with Crippen LogP contribution >= 0.6 is 0 Å². The number of para-hydroxylation sites is 1. The number of carbonyl (C=O) groups is 1. The second-order valence-electron chi connectivity index (χ2n) is 5.96. The number of hydrogen-bond acceptors (Lipinski definition) is 3. The molecule has 0 atom stereocenters. The number of hydrogen-bond donors (Lipinski definition) is 2. The molecule has 0 spiro atoms. The van der Waals surface area contributed by atoms with E-state index in [1.54, 1.807) is 7.11 Å². The zero-order valence-corrected chi connectivity index (χ0v) is 15.4. The van der Waals surface area contributed by atoms with Crippen LogP contribution in [0.1, 0.15) is 37.0 Å². The van der Waals surface area contributed by atoms with Gasteiger partial charge in [0.05, 0.1) is 7.11 Å². The van der Waals surface area contributed by atoms with Crippen molar-refractivity contribution in [2.75, 3.05) is 19.0 Å². The van der Waals surface area contributed by atoms with Gasteiger partial charge in [-0.25, -0.2) is 0 Å². The standard InChI is InChI=1S/C21H28N2O2/c1-4-17-7-6-8-18(5-2)21(17)22-14-13-20(24)23-15-16-9-11-19(25-3)12-10-16/h6-12,22H,4-5,13-15H2,1-3H3,(H,23,24). The summed E-state index contributed by atoms with van der Waals surface area (Å²) in [6.07, 6.45) is 2.43. The first-order valence-corrected chi connectivity index (χ1v) is 8.92. The second kappa shape index (κ2) is 9.72. The van der Waals surface area contributed by atoms with Crippen molar-refractivity contribution in [1.29, 1.82) is 0 Å². The zero-order chi connectivity index (χ0) is 18.1. The lowest BCUT2D eigenvalue weighted by Gasteiger charge is -2.15. The summed E-state index contributed by atoms with van der Waals surface area (Å²) in [5, 5.41) is 6.41. The fraction of sp³-hybridized carbons (Fsp3) is 0.381. The second-order valence-corrected chi connectivity index (χ2v) is 5.96. The first-order chi connectivity index (χ1) is 12.2. The number of aryl methyl sites for hydroxylation is 2. The third-order valence-electron chi connectivity index (χ3n) is 4.30. The van der Waals surface area contributed by atoms with Gasteiger partial charge in [-0.3, -0.25) is 4.79 Å². The predicted octanol–water partition coefficient (Wildman–Crippen LogP) is 3.94. The quantitative estimate of drug-likeness (QED) is 0.727. The molecule has 0 saturated heterocycles. The van der Waals surface area contributed by atoms with Crippen LogP contribution in [0.5, 0.6) is 5.75 Å². The number of rotatable bonds is 9. The van der Waals surface area contributed by atoms with Gasteiger partial charge in [0.25, 0.3) is 0 Å². The molecule has 0 aliphatic rings. The SMILES string of the molecule is CCc1cccc(CC)c1NCCC(=O)NCc1ccc(OC)cc1. The monoisotopic (exact) mass is 340 g/mol. The maximum Gasteiger partial charge on any atom is 0.222 e. The minimum atomic E-state index is 0.0512. The van der Waals surface area contributed by atoms with Gasteiger partial charge in [-0.2, -0.15) is 0 Å². The summed E-state index contributed by atoms with van der Waals surface area (Å²) in [6, 6.07) is 14.1. The maximum atomic E-state index is 12.1. The largest absolute Gasteiger partial charge is 0.497 e. The van der Waals surface area contributed by atoms with Gasteiger partial charge in [0, 0.05) is 25.2 Å². The van der Waals surface area contributed by atoms with E-state index in [9.17, 15) is 4.79 Å². The van der Waals surface area contributed by atoms with E-state index in [1.807, 2.05) is 24.3 Å². The lowest BCUT2D eigenvalue weighted by molar-refractivity contribution is -0.121. The highest BCUT2D eigenvalue weighted by Gasteiger charge is 2.07. The molecule has 0 aliphatic heterocycles. The van der Waals surface area contributed by atoms with E-state index in [1.165, 1.54) is 16.8 Å². The van der Waals surface area contributed by atoms with Crippen LogP contribution in [-0.2, 0) is 24.2 Å². The summed E-state index contributed by atoms with van der Waals surface area (Å²) in [5.41, 5.74) is 4.86. The molecule has 4 heteroatoms. The van der Waals surface area contributed by atoms with Crippen LogP contribution in [0.25, 0.3) is 0 Å². The van der Waals surface area contributed by atoms with Crippen LogP contribution in [0.2, 0.25) is 0 Å². The van der Waals surface area contributed by atoms with E-state index >= 15 is 0 Å². The highest BCUT2D eigenvalue weighted by Crippen LogP contribution is 2.22. The van der Waals surface area contributed by atoms with E-state index in [2.05, 4.69) is 42.7 Å². The van der Waals surface area contributed by atoms with Crippen LogP contribution in [0.4, 0.5) is 5.69 Å². The summed E-state index contributed by atoms with van der Waals surface area (Å²) >= 11 is 0. The van der Waals surface area contributed by atoms with Crippen LogP contribution in [0.3, 0.4) is 0 Å². The normalized spacial score (nSPS) is 10.4. The van der Waals surface area contributed by atoms with Gasteiger partial charge in [-0.05, 0) is 41.7 Å². The number of nitrogens with one attached hydrogen (secondary N) is 2. The zero-order valence-electron chi connectivity index (χ0n) is 15.4. The van der Waals surface area contributed by atoms with Gasteiger partial charge in [-0.1, -0.05) is 44.2 Å². The van der Waals surface area contributed by atoms with Crippen molar-refractivity contribution < 1.29 is 9.53 Å². The highest BCUT2D eigenvalue weighted by atomic mass is 16.5. The fourth-order valence-electron chi connectivity index (χ4n) is 2.80. The minimum absolute atomic E-state index is 0.0512. The molecule has 0 aliphatic carbocycles. The van der Waals surface area contributed by atoms with Gasteiger partial charge < -0.3 is 15.4 Å². The number of carbonyl (C=O) groups excluding carboxylic acids is 1. The van der Waals surface area contributed by atoms with E-state index in [0.717, 1.165) is 24.2 Å². The van der Waals surface area contributed by atoms with Crippen molar-refractivity contribution in [2.24, 2.45) is 0 Å². The average Bonchev–Trinajstić information content (AvgIpc) is 2.66. The lowest BCUT2D eigenvalue weighted by atomic mass is 10.0. The molecular formula is C21H28N2O2. The van der Waals surface area contributed by atoms with Crippen LogP contribution in [0.15, 0.2) is 42.5 Å².